The molecule has 0 atom stereocenters. The summed E-state index contributed by atoms with van der Waals surface area (Å²) in [6, 6.07) is 0. The van der Waals surface area contributed by atoms with E-state index < -0.39 is 5.60 Å². The van der Waals surface area contributed by atoms with Crippen LogP contribution in [0.25, 0.3) is 0 Å². The highest BCUT2D eigenvalue weighted by atomic mass is 16.6. The molecule has 2 aliphatic rings. The summed E-state index contributed by atoms with van der Waals surface area (Å²) in [5.41, 5.74) is 0.0559. The first kappa shape index (κ1) is 17.4. The van der Waals surface area contributed by atoms with E-state index in [-0.39, 0.29) is 11.6 Å². The first-order chi connectivity index (χ1) is 9.85. The van der Waals surface area contributed by atoms with Gasteiger partial charge in [-0.2, -0.15) is 0 Å². The van der Waals surface area contributed by atoms with Gasteiger partial charge in [0.15, 0.2) is 0 Å². The van der Waals surface area contributed by atoms with Gasteiger partial charge in [0.25, 0.3) is 0 Å². The molecule has 2 aliphatic carbocycles. The Morgan fingerprint density at radius 3 is 1.95 bits per heavy atom. The van der Waals surface area contributed by atoms with Crippen LogP contribution >= 0.6 is 0 Å². The van der Waals surface area contributed by atoms with Crippen molar-refractivity contribution in [1.82, 2.24) is 5.32 Å². The minimum absolute atomic E-state index is 0.170. The maximum absolute atomic E-state index is 12.0. The third-order valence-corrected chi connectivity index (χ3v) is 5.24. The Hall–Kier alpha value is -0.990. The first-order valence-electron chi connectivity index (χ1n) is 8.56. The predicted octanol–water partition coefficient (Wildman–Crippen LogP) is 5.06. The molecule has 3 nitrogen and oxygen atoms in total. The van der Waals surface area contributed by atoms with Crippen molar-refractivity contribution in [3.8, 4) is 0 Å². The molecule has 0 unspecified atom stereocenters. The number of hydrogen-bond acceptors (Lipinski definition) is 2. The van der Waals surface area contributed by atoms with E-state index in [1.54, 1.807) is 0 Å². The third-order valence-electron chi connectivity index (χ3n) is 5.24. The molecule has 0 aliphatic heterocycles. The van der Waals surface area contributed by atoms with E-state index >= 15 is 0 Å². The lowest BCUT2D eigenvalue weighted by Gasteiger charge is -2.33. The molecule has 126 valence electrons. The van der Waals surface area contributed by atoms with E-state index in [4.69, 9.17) is 4.74 Å². The van der Waals surface area contributed by atoms with Gasteiger partial charge in [-0.05, 0) is 63.2 Å². The molecule has 0 aromatic rings. The number of allylic oxidation sites excluding steroid dienone is 1. The van der Waals surface area contributed by atoms with Crippen LogP contribution in [0.3, 0.4) is 0 Å². The fourth-order valence-corrected chi connectivity index (χ4v) is 3.79. The van der Waals surface area contributed by atoms with Crippen LogP contribution in [0.15, 0.2) is 12.2 Å². The Labute approximate surface area is 135 Å². The summed E-state index contributed by atoms with van der Waals surface area (Å²) in [5, 5.41) is 3.05. The second kappa shape index (κ2) is 5.28. The standard InChI is InChI=1S/C19H33NO2/c1-16(2,3)22-15(21)20-19(12-13-19)9-8-14-17(4,5)10-11-18(14,6)7/h8-9,14H,10-13H2,1-7H3,(H,20,21). The summed E-state index contributed by atoms with van der Waals surface area (Å²) in [5.74, 6) is 0.554. The zero-order valence-electron chi connectivity index (χ0n) is 15.4. The lowest BCUT2D eigenvalue weighted by molar-refractivity contribution is 0.0508. The van der Waals surface area contributed by atoms with Gasteiger partial charge in [0.2, 0.25) is 0 Å². The van der Waals surface area contributed by atoms with Crippen LogP contribution in [-0.2, 0) is 4.74 Å². The van der Waals surface area contributed by atoms with Gasteiger partial charge in [-0.3, -0.25) is 0 Å². The molecule has 0 heterocycles. The van der Waals surface area contributed by atoms with Crippen molar-refractivity contribution in [3.05, 3.63) is 12.2 Å². The quantitative estimate of drug-likeness (QED) is 0.740. The average molecular weight is 307 g/mol. The predicted molar refractivity (Wildman–Crippen MR) is 90.8 cm³/mol. The van der Waals surface area contributed by atoms with Gasteiger partial charge in [-0.1, -0.05) is 39.8 Å². The lowest BCUT2D eigenvalue weighted by atomic mass is 9.72. The van der Waals surface area contributed by atoms with E-state index in [9.17, 15) is 4.79 Å². The third kappa shape index (κ3) is 4.05. The highest BCUT2D eigenvalue weighted by molar-refractivity contribution is 5.70. The summed E-state index contributed by atoms with van der Waals surface area (Å²) in [6.07, 6.45) is 8.84. The molecule has 0 bridgehead atoms. The fraction of sp³-hybridized carbons (Fsp3) is 0.842. The van der Waals surface area contributed by atoms with Crippen molar-refractivity contribution in [2.45, 2.75) is 85.3 Å². The van der Waals surface area contributed by atoms with Crippen molar-refractivity contribution in [3.63, 3.8) is 0 Å². The molecule has 0 spiro atoms. The van der Waals surface area contributed by atoms with Gasteiger partial charge in [0.05, 0.1) is 5.54 Å². The maximum Gasteiger partial charge on any atom is 0.408 e. The van der Waals surface area contributed by atoms with Crippen molar-refractivity contribution in [2.24, 2.45) is 16.7 Å². The van der Waals surface area contributed by atoms with Gasteiger partial charge in [0.1, 0.15) is 5.60 Å². The van der Waals surface area contributed by atoms with Gasteiger partial charge in [-0.25, -0.2) is 4.79 Å². The number of amides is 1. The van der Waals surface area contributed by atoms with Crippen LogP contribution in [0.1, 0.15) is 74.1 Å². The highest BCUT2D eigenvalue weighted by Gasteiger charge is 2.47. The molecule has 0 aromatic carbocycles. The fourth-order valence-electron chi connectivity index (χ4n) is 3.79. The van der Waals surface area contributed by atoms with Crippen molar-refractivity contribution < 1.29 is 9.53 Å². The number of ether oxygens (including phenoxy) is 1. The molecule has 0 radical (unpaired) electrons. The molecular formula is C19H33NO2. The van der Waals surface area contributed by atoms with Crippen LogP contribution in [0.4, 0.5) is 4.79 Å². The second-order valence-electron chi connectivity index (χ2n) is 9.60. The van der Waals surface area contributed by atoms with Crippen LogP contribution in [0.5, 0.6) is 0 Å². The Balaban J connectivity index is 2.02. The van der Waals surface area contributed by atoms with Crippen LogP contribution in [0, 0.1) is 16.7 Å². The monoisotopic (exact) mass is 307 g/mol. The molecule has 22 heavy (non-hydrogen) atoms. The average Bonchev–Trinajstić information content (AvgIpc) is 2.99. The molecule has 2 fully saturated rings. The number of carbonyl (C=O) groups is 1. The van der Waals surface area contributed by atoms with E-state index in [1.165, 1.54) is 12.8 Å². The van der Waals surface area contributed by atoms with Gasteiger partial charge < -0.3 is 10.1 Å². The SMILES string of the molecule is CC(C)(C)OC(=O)NC1(C=CC2C(C)(C)CCC2(C)C)CC1. The van der Waals surface area contributed by atoms with E-state index in [0.717, 1.165) is 12.8 Å². The minimum atomic E-state index is -0.445. The zero-order valence-corrected chi connectivity index (χ0v) is 15.4. The van der Waals surface area contributed by atoms with Crippen LogP contribution in [-0.4, -0.2) is 17.2 Å². The van der Waals surface area contributed by atoms with Gasteiger partial charge >= 0.3 is 6.09 Å². The molecular weight excluding hydrogens is 274 g/mol. The van der Waals surface area contributed by atoms with Gasteiger partial charge in [-0.15, -0.1) is 0 Å². The number of carbonyl (C=O) groups excluding carboxylic acids is 1. The van der Waals surface area contributed by atoms with Gasteiger partial charge in [0, 0.05) is 0 Å². The van der Waals surface area contributed by atoms with Crippen molar-refractivity contribution >= 4 is 6.09 Å². The molecule has 0 saturated heterocycles. The highest BCUT2D eigenvalue weighted by Crippen LogP contribution is 2.54. The smallest absolute Gasteiger partial charge is 0.408 e. The summed E-state index contributed by atoms with van der Waals surface area (Å²) in [4.78, 5) is 12.0. The minimum Gasteiger partial charge on any atom is -0.444 e. The Kier molecular flexibility index (Phi) is 4.17. The second-order valence-corrected chi connectivity index (χ2v) is 9.60. The number of nitrogens with one attached hydrogen (secondary N) is 1. The molecule has 0 aromatic heterocycles. The van der Waals surface area contributed by atoms with E-state index in [0.29, 0.717) is 16.7 Å². The largest absolute Gasteiger partial charge is 0.444 e. The summed E-state index contributed by atoms with van der Waals surface area (Å²) < 4.78 is 5.38. The van der Waals surface area contributed by atoms with Crippen molar-refractivity contribution in [1.29, 1.82) is 0 Å². The molecule has 2 saturated carbocycles. The zero-order chi connectivity index (χ0) is 16.8. The normalized spacial score (nSPS) is 26.1. The molecule has 1 N–H and O–H groups in total. The number of rotatable bonds is 3. The number of hydrogen-bond donors (Lipinski definition) is 1. The molecule has 2 rings (SSSR count). The Morgan fingerprint density at radius 2 is 1.55 bits per heavy atom. The van der Waals surface area contributed by atoms with Crippen molar-refractivity contribution in [2.75, 3.05) is 0 Å². The van der Waals surface area contributed by atoms with E-state index in [2.05, 4.69) is 45.2 Å². The topological polar surface area (TPSA) is 38.3 Å². The maximum atomic E-state index is 12.0. The van der Waals surface area contributed by atoms with E-state index in [1.807, 2.05) is 20.8 Å². The lowest BCUT2D eigenvalue weighted by Crippen LogP contribution is -2.40. The van der Waals surface area contributed by atoms with Crippen LogP contribution in [0.2, 0.25) is 0 Å². The molecule has 3 heteroatoms. The number of alkyl carbamates (subject to hydrolysis) is 1. The Morgan fingerprint density at radius 1 is 1.05 bits per heavy atom. The first-order valence-corrected chi connectivity index (χ1v) is 8.56. The molecule has 1 amide bonds. The van der Waals surface area contributed by atoms with Crippen LogP contribution < -0.4 is 5.32 Å². The summed E-state index contributed by atoms with van der Waals surface area (Å²) in [6.45, 7) is 15.1. The summed E-state index contributed by atoms with van der Waals surface area (Å²) in [7, 11) is 0. The summed E-state index contributed by atoms with van der Waals surface area (Å²) >= 11 is 0. The Bertz CT molecular complexity index is 448.